The fraction of sp³-hybridized carbons (Fsp3) is 0.440. The molecule has 0 radical (unpaired) electrons. The van der Waals surface area contributed by atoms with Crippen molar-refractivity contribution < 1.29 is 14.3 Å². The summed E-state index contributed by atoms with van der Waals surface area (Å²) in [6.07, 6.45) is 2.14. The van der Waals surface area contributed by atoms with E-state index >= 15 is 0 Å². The number of ether oxygens (including phenoxy) is 1. The number of rotatable bonds is 9. The summed E-state index contributed by atoms with van der Waals surface area (Å²) in [6.45, 7) is 8.24. The minimum atomic E-state index is -0.232. The summed E-state index contributed by atoms with van der Waals surface area (Å²) in [6, 6.07) is 16.4. The number of hydrogen-bond donors (Lipinski definition) is 2. The highest BCUT2D eigenvalue weighted by Crippen LogP contribution is 2.21. The number of morpholine rings is 1. The van der Waals surface area contributed by atoms with Crippen LogP contribution in [0.1, 0.15) is 47.4 Å². The predicted octanol–water partition coefficient (Wildman–Crippen LogP) is 3.81. The van der Waals surface area contributed by atoms with E-state index in [1.165, 1.54) is 0 Å². The van der Waals surface area contributed by atoms with Crippen LogP contribution in [-0.4, -0.2) is 55.6 Å². The summed E-state index contributed by atoms with van der Waals surface area (Å²) in [5.74, 6) is 0.101. The van der Waals surface area contributed by atoms with Gasteiger partial charge >= 0.3 is 0 Å². The molecule has 1 heterocycles. The topological polar surface area (TPSA) is 70.7 Å². The Balaban J connectivity index is 1.69. The second-order valence-corrected chi connectivity index (χ2v) is 7.87. The van der Waals surface area contributed by atoms with Gasteiger partial charge in [-0.25, -0.2) is 0 Å². The highest BCUT2D eigenvalue weighted by atomic mass is 16.5. The van der Waals surface area contributed by atoms with Gasteiger partial charge in [0.1, 0.15) is 0 Å². The Kier molecular flexibility index (Phi) is 8.62. The first-order chi connectivity index (χ1) is 15.1. The number of amides is 2. The zero-order valence-corrected chi connectivity index (χ0v) is 18.5. The Morgan fingerprint density at radius 2 is 1.58 bits per heavy atom. The van der Waals surface area contributed by atoms with Gasteiger partial charge in [-0.2, -0.15) is 0 Å². The molecule has 6 heteroatoms. The van der Waals surface area contributed by atoms with Gasteiger partial charge < -0.3 is 15.4 Å². The number of carbonyl (C=O) groups excluding carboxylic acids is 2. The smallest absolute Gasteiger partial charge is 0.255 e. The summed E-state index contributed by atoms with van der Waals surface area (Å²) in [5, 5.41) is 6.00. The summed E-state index contributed by atoms with van der Waals surface area (Å²) in [4.78, 5) is 28.1. The Morgan fingerprint density at radius 3 is 2.26 bits per heavy atom. The second-order valence-electron chi connectivity index (χ2n) is 7.87. The van der Waals surface area contributed by atoms with Crippen LogP contribution < -0.4 is 10.6 Å². The van der Waals surface area contributed by atoms with Crippen molar-refractivity contribution in [3.8, 4) is 0 Å². The average Bonchev–Trinajstić information content (AvgIpc) is 2.83. The first-order valence-electron chi connectivity index (χ1n) is 11.2. The van der Waals surface area contributed by atoms with Gasteiger partial charge in [-0.05, 0) is 30.2 Å². The van der Waals surface area contributed by atoms with Crippen LogP contribution in [0.5, 0.6) is 0 Å². The molecule has 0 aliphatic carbocycles. The van der Waals surface area contributed by atoms with E-state index in [4.69, 9.17) is 4.74 Å². The number of anilines is 1. The largest absolute Gasteiger partial charge is 0.379 e. The van der Waals surface area contributed by atoms with E-state index in [1.54, 1.807) is 24.3 Å². The number of para-hydroxylation sites is 1. The van der Waals surface area contributed by atoms with E-state index in [-0.39, 0.29) is 17.9 Å². The standard InChI is InChI=1S/C25H33N3O3/c1-3-19(4-2)23(28-14-16-31-17-15-28)18-26-25(30)21-12-8-9-13-22(21)27-24(29)20-10-6-5-7-11-20/h5-13,19,23H,3-4,14-18H2,1-2H3,(H,26,30)(H,27,29). The van der Waals surface area contributed by atoms with Gasteiger partial charge in [-0.3, -0.25) is 14.5 Å². The first-order valence-corrected chi connectivity index (χ1v) is 11.2. The van der Waals surface area contributed by atoms with Crippen LogP contribution in [0.25, 0.3) is 0 Å². The lowest BCUT2D eigenvalue weighted by Gasteiger charge is -2.38. The molecule has 6 nitrogen and oxygen atoms in total. The molecule has 1 aliphatic rings. The monoisotopic (exact) mass is 423 g/mol. The van der Waals surface area contributed by atoms with Crippen molar-refractivity contribution in [1.29, 1.82) is 0 Å². The first kappa shape index (κ1) is 23.0. The van der Waals surface area contributed by atoms with Gasteiger partial charge in [0.05, 0.1) is 24.5 Å². The minimum Gasteiger partial charge on any atom is -0.379 e. The van der Waals surface area contributed by atoms with Gasteiger partial charge in [0.15, 0.2) is 0 Å². The zero-order valence-electron chi connectivity index (χ0n) is 18.5. The van der Waals surface area contributed by atoms with E-state index < -0.39 is 0 Å². The van der Waals surface area contributed by atoms with Crippen LogP contribution in [0.2, 0.25) is 0 Å². The fourth-order valence-electron chi connectivity index (χ4n) is 4.20. The van der Waals surface area contributed by atoms with Crippen molar-refractivity contribution in [3.05, 3.63) is 65.7 Å². The number of carbonyl (C=O) groups is 2. The SMILES string of the molecule is CCC(CC)C(CNC(=O)c1ccccc1NC(=O)c1ccccc1)N1CCOCC1. The molecule has 2 amide bonds. The van der Waals surface area contributed by atoms with Crippen LogP contribution in [0, 0.1) is 5.92 Å². The van der Waals surface area contributed by atoms with Crippen molar-refractivity contribution in [3.63, 3.8) is 0 Å². The third kappa shape index (κ3) is 6.15. The maximum atomic E-state index is 13.1. The molecule has 166 valence electrons. The van der Waals surface area contributed by atoms with Crippen molar-refractivity contribution >= 4 is 17.5 Å². The summed E-state index contributed by atoms with van der Waals surface area (Å²) in [5.41, 5.74) is 1.54. The van der Waals surface area contributed by atoms with E-state index in [0.717, 1.165) is 39.1 Å². The zero-order chi connectivity index (χ0) is 22.1. The molecule has 0 bridgehead atoms. The molecule has 2 aromatic carbocycles. The molecule has 3 rings (SSSR count). The quantitative estimate of drug-likeness (QED) is 0.644. The molecule has 2 aromatic rings. The van der Waals surface area contributed by atoms with E-state index in [1.807, 2.05) is 30.3 Å². The number of hydrogen-bond acceptors (Lipinski definition) is 4. The third-order valence-corrected chi connectivity index (χ3v) is 6.04. The molecule has 1 saturated heterocycles. The van der Waals surface area contributed by atoms with Gasteiger partial charge in [0, 0.05) is 31.2 Å². The lowest BCUT2D eigenvalue weighted by atomic mass is 9.92. The molecule has 31 heavy (non-hydrogen) atoms. The molecule has 0 spiro atoms. The summed E-state index contributed by atoms with van der Waals surface area (Å²) < 4.78 is 5.51. The minimum absolute atomic E-state index is 0.173. The lowest BCUT2D eigenvalue weighted by Crippen LogP contribution is -2.52. The molecule has 0 aromatic heterocycles. The number of nitrogens with zero attached hydrogens (tertiary/aromatic N) is 1. The highest BCUT2D eigenvalue weighted by molar-refractivity contribution is 6.08. The third-order valence-electron chi connectivity index (χ3n) is 6.04. The number of nitrogens with one attached hydrogen (secondary N) is 2. The number of benzene rings is 2. The van der Waals surface area contributed by atoms with Crippen molar-refractivity contribution in [2.24, 2.45) is 5.92 Å². The second kappa shape index (κ2) is 11.6. The van der Waals surface area contributed by atoms with E-state index in [2.05, 4.69) is 29.4 Å². The lowest BCUT2D eigenvalue weighted by molar-refractivity contribution is 0.00191. The molecular formula is C25H33N3O3. The molecule has 1 aliphatic heterocycles. The van der Waals surface area contributed by atoms with Crippen LogP contribution in [0.4, 0.5) is 5.69 Å². The predicted molar refractivity (Wildman–Crippen MR) is 123 cm³/mol. The normalized spacial score (nSPS) is 15.5. The maximum Gasteiger partial charge on any atom is 0.255 e. The Hall–Kier alpha value is -2.70. The van der Waals surface area contributed by atoms with Crippen LogP contribution in [-0.2, 0) is 4.74 Å². The Bertz CT molecular complexity index is 846. The molecule has 0 saturated carbocycles. The van der Waals surface area contributed by atoms with Crippen molar-refractivity contribution in [2.45, 2.75) is 32.7 Å². The molecule has 1 unspecified atom stereocenters. The van der Waals surface area contributed by atoms with Crippen molar-refractivity contribution in [2.75, 3.05) is 38.2 Å². The van der Waals surface area contributed by atoms with Crippen molar-refractivity contribution in [1.82, 2.24) is 10.2 Å². The molecular weight excluding hydrogens is 390 g/mol. The maximum absolute atomic E-state index is 13.1. The average molecular weight is 424 g/mol. The van der Waals surface area contributed by atoms with Crippen LogP contribution >= 0.6 is 0 Å². The van der Waals surface area contributed by atoms with E-state index in [0.29, 0.717) is 29.3 Å². The van der Waals surface area contributed by atoms with Crippen LogP contribution in [0.3, 0.4) is 0 Å². The molecule has 1 atom stereocenters. The molecule has 2 N–H and O–H groups in total. The molecule has 1 fully saturated rings. The Labute approximate surface area is 185 Å². The Morgan fingerprint density at radius 1 is 0.935 bits per heavy atom. The van der Waals surface area contributed by atoms with Gasteiger partial charge in [-0.1, -0.05) is 57.0 Å². The summed E-state index contributed by atoms with van der Waals surface area (Å²) in [7, 11) is 0. The highest BCUT2D eigenvalue weighted by Gasteiger charge is 2.27. The van der Waals surface area contributed by atoms with Gasteiger partial charge in [0.2, 0.25) is 0 Å². The summed E-state index contributed by atoms with van der Waals surface area (Å²) >= 11 is 0. The van der Waals surface area contributed by atoms with Gasteiger partial charge in [-0.15, -0.1) is 0 Å². The van der Waals surface area contributed by atoms with E-state index in [9.17, 15) is 9.59 Å². The van der Waals surface area contributed by atoms with Crippen LogP contribution in [0.15, 0.2) is 54.6 Å². The van der Waals surface area contributed by atoms with Gasteiger partial charge in [0.25, 0.3) is 11.8 Å². The fourth-order valence-corrected chi connectivity index (χ4v) is 4.20.